The van der Waals surface area contributed by atoms with Crippen molar-refractivity contribution in [3.05, 3.63) is 60.2 Å². The summed E-state index contributed by atoms with van der Waals surface area (Å²) in [6.07, 6.45) is 0. The molecule has 0 unspecified atom stereocenters. The van der Waals surface area contributed by atoms with Gasteiger partial charge in [-0.05, 0) is 69.4 Å². The van der Waals surface area contributed by atoms with Crippen molar-refractivity contribution in [3.63, 3.8) is 0 Å². The van der Waals surface area contributed by atoms with Crippen molar-refractivity contribution in [1.82, 2.24) is 0 Å². The Morgan fingerprint density at radius 3 is 2.19 bits per heavy atom. The Kier molecular flexibility index (Phi) is 7.37. The van der Waals surface area contributed by atoms with E-state index in [0.29, 0.717) is 16.1 Å². The van der Waals surface area contributed by atoms with Crippen LogP contribution in [0.4, 0.5) is 8.78 Å². The summed E-state index contributed by atoms with van der Waals surface area (Å²) in [7, 11) is 0. The van der Waals surface area contributed by atoms with Crippen LogP contribution in [0.25, 0.3) is 0 Å². The first-order chi connectivity index (χ1) is 12.6. The van der Waals surface area contributed by atoms with Crippen molar-refractivity contribution in [2.75, 3.05) is 6.61 Å². The SMILES string of the molecule is CC(F)(F)COC(=O)c1ccccc1C(=O)OCc1cc(I)cc(O)c1I. The molecule has 0 bridgehead atoms. The van der Waals surface area contributed by atoms with Gasteiger partial charge in [-0.1, -0.05) is 12.1 Å². The van der Waals surface area contributed by atoms with Gasteiger partial charge in [-0.2, -0.15) is 0 Å². The third-order valence-corrected chi connectivity index (χ3v) is 5.14. The first-order valence-electron chi connectivity index (χ1n) is 7.56. The van der Waals surface area contributed by atoms with E-state index in [1.165, 1.54) is 24.3 Å². The zero-order valence-corrected chi connectivity index (χ0v) is 18.3. The summed E-state index contributed by atoms with van der Waals surface area (Å²) in [4.78, 5) is 24.4. The summed E-state index contributed by atoms with van der Waals surface area (Å²) in [5.41, 5.74) is 0.345. The van der Waals surface area contributed by atoms with Crippen LogP contribution in [-0.4, -0.2) is 29.6 Å². The number of phenolic OH excluding ortho intramolecular Hbond substituents is 1. The maximum atomic E-state index is 12.9. The molecule has 0 spiro atoms. The van der Waals surface area contributed by atoms with Gasteiger partial charge in [0.05, 0.1) is 14.7 Å². The van der Waals surface area contributed by atoms with Gasteiger partial charge in [-0.25, -0.2) is 18.4 Å². The molecule has 0 aliphatic rings. The first kappa shape index (κ1) is 21.8. The van der Waals surface area contributed by atoms with Crippen molar-refractivity contribution in [2.24, 2.45) is 0 Å². The summed E-state index contributed by atoms with van der Waals surface area (Å²) in [6, 6.07) is 8.97. The third kappa shape index (κ3) is 6.26. The Labute approximate surface area is 181 Å². The van der Waals surface area contributed by atoms with Crippen LogP contribution in [0, 0.1) is 7.14 Å². The van der Waals surface area contributed by atoms with Gasteiger partial charge in [0, 0.05) is 16.1 Å². The molecule has 0 radical (unpaired) electrons. The largest absolute Gasteiger partial charge is 0.507 e. The number of alkyl halides is 2. The fourth-order valence-corrected chi connectivity index (χ4v) is 3.20. The standard InChI is InChI=1S/C18H14F2I2O5/c1-18(19,20)9-27-17(25)13-5-3-2-4-12(13)16(24)26-8-10-6-11(21)7-14(23)15(10)22/h2-7,23H,8-9H2,1H3. The topological polar surface area (TPSA) is 72.8 Å². The fourth-order valence-electron chi connectivity index (χ4n) is 2.07. The minimum atomic E-state index is -3.17. The number of carbonyl (C=O) groups is 2. The predicted molar refractivity (Wildman–Crippen MR) is 110 cm³/mol. The zero-order chi connectivity index (χ0) is 20.2. The molecule has 0 fully saturated rings. The molecular formula is C18H14F2I2O5. The number of hydrogen-bond acceptors (Lipinski definition) is 5. The molecule has 5 nitrogen and oxygen atoms in total. The molecule has 0 atom stereocenters. The Balaban J connectivity index is 2.14. The highest BCUT2D eigenvalue weighted by Gasteiger charge is 2.26. The van der Waals surface area contributed by atoms with Gasteiger partial charge in [0.1, 0.15) is 12.4 Å². The molecule has 144 valence electrons. The number of benzene rings is 2. The normalized spacial score (nSPS) is 11.1. The van der Waals surface area contributed by atoms with Crippen LogP contribution >= 0.6 is 45.2 Å². The van der Waals surface area contributed by atoms with Gasteiger partial charge in [0.2, 0.25) is 0 Å². The fraction of sp³-hybridized carbons (Fsp3) is 0.222. The molecule has 0 saturated heterocycles. The number of hydrogen-bond donors (Lipinski definition) is 1. The highest BCUT2D eigenvalue weighted by atomic mass is 127. The van der Waals surface area contributed by atoms with Gasteiger partial charge in [0.25, 0.3) is 5.92 Å². The van der Waals surface area contributed by atoms with Crippen LogP contribution in [0.1, 0.15) is 33.2 Å². The predicted octanol–water partition coefficient (Wildman–Crippen LogP) is 4.77. The van der Waals surface area contributed by atoms with E-state index in [9.17, 15) is 23.5 Å². The van der Waals surface area contributed by atoms with Crippen molar-refractivity contribution >= 4 is 57.1 Å². The van der Waals surface area contributed by atoms with Gasteiger partial charge in [-0.3, -0.25) is 0 Å². The maximum Gasteiger partial charge on any atom is 0.339 e. The van der Waals surface area contributed by atoms with E-state index in [-0.39, 0.29) is 23.5 Å². The summed E-state index contributed by atoms with van der Waals surface area (Å²) < 4.78 is 36.9. The maximum absolute atomic E-state index is 12.9. The van der Waals surface area contributed by atoms with Gasteiger partial charge < -0.3 is 14.6 Å². The van der Waals surface area contributed by atoms with E-state index >= 15 is 0 Å². The average molecular weight is 602 g/mol. The van der Waals surface area contributed by atoms with Gasteiger partial charge in [0.15, 0.2) is 6.61 Å². The first-order valence-corrected chi connectivity index (χ1v) is 9.72. The molecule has 0 saturated carbocycles. The Morgan fingerprint density at radius 2 is 1.63 bits per heavy atom. The molecule has 27 heavy (non-hydrogen) atoms. The van der Waals surface area contributed by atoms with Crippen LogP contribution in [0.2, 0.25) is 0 Å². The van der Waals surface area contributed by atoms with Crippen molar-refractivity contribution in [1.29, 1.82) is 0 Å². The minimum absolute atomic E-state index is 0.0676. The number of ether oxygens (including phenoxy) is 2. The molecule has 2 aromatic carbocycles. The number of aromatic hydroxyl groups is 1. The second kappa shape index (κ2) is 9.13. The van der Waals surface area contributed by atoms with Crippen LogP contribution in [0.5, 0.6) is 5.75 Å². The minimum Gasteiger partial charge on any atom is -0.507 e. The van der Waals surface area contributed by atoms with Crippen LogP contribution in [0.15, 0.2) is 36.4 Å². The molecule has 1 N–H and O–H groups in total. The van der Waals surface area contributed by atoms with Crippen LogP contribution in [0.3, 0.4) is 0 Å². The van der Waals surface area contributed by atoms with E-state index in [2.05, 4.69) is 4.74 Å². The average Bonchev–Trinajstić information content (AvgIpc) is 2.60. The van der Waals surface area contributed by atoms with Crippen molar-refractivity contribution < 1.29 is 33.0 Å². The van der Waals surface area contributed by atoms with E-state index in [4.69, 9.17) is 4.74 Å². The molecule has 0 aromatic heterocycles. The summed E-state index contributed by atoms with van der Waals surface area (Å²) in [6.45, 7) is -0.591. The number of rotatable bonds is 6. The molecule has 9 heteroatoms. The summed E-state index contributed by atoms with van der Waals surface area (Å²) >= 11 is 3.95. The Hall–Kier alpha value is -1.50. The van der Waals surface area contributed by atoms with E-state index in [0.717, 1.165) is 3.57 Å². The number of esters is 2. The zero-order valence-electron chi connectivity index (χ0n) is 14.0. The Morgan fingerprint density at radius 1 is 1.07 bits per heavy atom. The van der Waals surface area contributed by atoms with E-state index in [1.54, 1.807) is 12.1 Å². The third-order valence-electron chi connectivity index (χ3n) is 3.28. The lowest BCUT2D eigenvalue weighted by molar-refractivity contribution is -0.0467. The summed E-state index contributed by atoms with van der Waals surface area (Å²) in [5.74, 6) is -4.95. The molecule has 0 amide bonds. The lowest BCUT2D eigenvalue weighted by Crippen LogP contribution is -2.23. The van der Waals surface area contributed by atoms with E-state index in [1.807, 2.05) is 45.2 Å². The quantitative estimate of drug-likeness (QED) is 0.382. The molecule has 2 rings (SSSR count). The molecular weight excluding hydrogens is 588 g/mol. The lowest BCUT2D eigenvalue weighted by Gasteiger charge is -2.13. The van der Waals surface area contributed by atoms with Gasteiger partial charge >= 0.3 is 11.9 Å². The highest BCUT2D eigenvalue weighted by Crippen LogP contribution is 2.27. The molecule has 0 heterocycles. The monoisotopic (exact) mass is 602 g/mol. The lowest BCUT2D eigenvalue weighted by atomic mass is 10.1. The molecule has 0 aliphatic heterocycles. The van der Waals surface area contributed by atoms with Crippen molar-refractivity contribution in [3.8, 4) is 5.75 Å². The highest BCUT2D eigenvalue weighted by molar-refractivity contribution is 14.1. The second-order valence-electron chi connectivity index (χ2n) is 5.67. The molecule has 2 aromatic rings. The summed E-state index contributed by atoms with van der Waals surface area (Å²) in [5, 5.41) is 9.83. The van der Waals surface area contributed by atoms with Crippen LogP contribution < -0.4 is 0 Å². The molecule has 0 aliphatic carbocycles. The number of carbonyl (C=O) groups excluding carboxylic acids is 2. The van der Waals surface area contributed by atoms with Gasteiger partial charge in [-0.15, -0.1) is 0 Å². The smallest absolute Gasteiger partial charge is 0.339 e. The number of phenols is 1. The van der Waals surface area contributed by atoms with Crippen molar-refractivity contribution in [2.45, 2.75) is 19.5 Å². The number of halogens is 4. The van der Waals surface area contributed by atoms with Crippen LogP contribution in [-0.2, 0) is 16.1 Å². The Bertz CT molecular complexity index is 865. The van der Waals surface area contributed by atoms with E-state index < -0.39 is 24.5 Å². The second-order valence-corrected chi connectivity index (χ2v) is 7.99.